The van der Waals surface area contributed by atoms with Crippen LogP contribution in [0.3, 0.4) is 0 Å². The lowest BCUT2D eigenvalue weighted by molar-refractivity contribution is -0.111. The summed E-state index contributed by atoms with van der Waals surface area (Å²) in [5.74, 6) is 1.38. The summed E-state index contributed by atoms with van der Waals surface area (Å²) in [4.78, 5) is 23.6. The average molecular weight is 567 g/mol. The summed E-state index contributed by atoms with van der Waals surface area (Å²) in [6, 6.07) is 11.8. The van der Waals surface area contributed by atoms with Gasteiger partial charge in [0.15, 0.2) is 0 Å². The van der Waals surface area contributed by atoms with E-state index >= 15 is 0 Å². The number of anilines is 4. The number of nitriles is 1. The van der Waals surface area contributed by atoms with Gasteiger partial charge in [0.05, 0.1) is 53.7 Å². The van der Waals surface area contributed by atoms with E-state index in [0.29, 0.717) is 47.5 Å². The number of methoxy groups -OCH3 is 1. The molecule has 0 aliphatic carbocycles. The third kappa shape index (κ3) is 5.57. The molecule has 0 bridgehead atoms. The first-order valence-corrected chi connectivity index (χ1v) is 13.8. The number of carbonyl (C=O) groups excluding carboxylic acids is 1. The summed E-state index contributed by atoms with van der Waals surface area (Å²) in [5, 5.41) is 19.7. The van der Waals surface area contributed by atoms with E-state index < -0.39 is 0 Å². The molecule has 216 valence electrons. The molecule has 1 amide bonds. The van der Waals surface area contributed by atoms with E-state index in [1.54, 1.807) is 7.11 Å². The Morgan fingerprint density at radius 3 is 2.69 bits per heavy atom. The molecular weight excluding hydrogens is 532 g/mol. The van der Waals surface area contributed by atoms with Crippen molar-refractivity contribution in [1.29, 1.82) is 5.26 Å². The standard InChI is InChI=1S/C29H27N7O3.C2H7N/c1-3-26(37)32-21-13-22(25(38-2)14-23(21)35-9-4-5-10-35)33-29-31-16-18(15-30)27(34-29)20-17-36-11-12-39-24-8-6-7-19(20)28(24)36;1-3-2/h3,6-8,13-14,16-17H,1,4-5,9-12H2,2H3,(H,32,37)(H,31,33,34);3H,1-2H3. The zero-order valence-corrected chi connectivity index (χ0v) is 24.0. The number of para-hydroxylation sites is 1. The van der Waals surface area contributed by atoms with Gasteiger partial charge in [-0.3, -0.25) is 4.79 Å². The van der Waals surface area contributed by atoms with Crippen LogP contribution < -0.4 is 30.3 Å². The van der Waals surface area contributed by atoms with Crippen LogP contribution in [0.5, 0.6) is 11.5 Å². The fraction of sp³-hybridized carbons (Fsp3) is 0.290. The Labute approximate surface area is 244 Å². The summed E-state index contributed by atoms with van der Waals surface area (Å²) in [5.41, 5.74) is 4.78. The van der Waals surface area contributed by atoms with Gasteiger partial charge < -0.3 is 34.9 Å². The Balaban J connectivity index is 0.00000113. The van der Waals surface area contributed by atoms with Gasteiger partial charge in [0.25, 0.3) is 0 Å². The number of amides is 1. The van der Waals surface area contributed by atoms with Gasteiger partial charge in [-0.1, -0.05) is 18.7 Å². The molecule has 2 aromatic carbocycles. The van der Waals surface area contributed by atoms with Crippen molar-refractivity contribution in [3.05, 3.63) is 60.9 Å². The van der Waals surface area contributed by atoms with E-state index in [0.717, 1.165) is 53.8 Å². The van der Waals surface area contributed by atoms with Crippen LogP contribution in [-0.2, 0) is 11.3 Å². The number of nitrogens with one attached hydrogen (secondary N) is 3. The van der Waals surface area contributed by atoms with Crippen molar-refractivity contribution in [2.45, 2.75) is 19.4 Å². The number of ether oxygens (including phenoxy) is 2. The SMILES string of the molecule is C=CC(=O)Nc1cc(Nc2ncc(C#N)c(-c3cn4c5c(cccc35)OCC4)n2)c(OC)cc1N1CCCC1.CNC. The Hall–Kier alpha value is -5.08. The van der Waals surface area contributed by atoms with Gasteiger partial charge in [-0.15, -0.1) is 0 Å². The highest BCUT2D eigenvalue weighted by molar-refractivity contribution is 6.02. The second-order valence-electron chi connectivity index (χ2n) is 9.89. The second kappa shape index (κ2) is 12.6. The molecule has 2 aliphatic heterocycles. The minimum atomic E-state index is -0.305. The van der Waals surface area contributed by atoms with Crippen molar-refractivity contribution in [2.75, 3.05) is 56.4 Å². The van der Waals surface area contributed by atoms with Crippen LogP contribution in [0.15, 0.2) is 55.4 Å². The van der Waals surface area contributed by atoms with Crippen LogP contribution in [0.25, 0.3) is 22.2 Å². The van der Waals surface area contributed by atoms with E-state index in [1.807, 2.05) is 50.6 Å². The smallest absolute Gasteiger partial charge is 0.247 e. The summed E-state index contributed by atoms with van der Waals surface area (Å²) < 4.78 is 13.7. The lowest BCUT2D eigenvalue weighted by Crippen LogP contribution is -2.21. The molecule has 0 spiro atoms. The summed E-state index contributed by atoms with van der Waals surface area (Å²) in [6.45, 7) is 6.67. The van der Waals surface area contributed by atoms with Crippen molar-refractivity contribution < 1.29 is 14.3 Å². The molecule has 0 radical (unpaired) electrons. The lowest BCUT2D eigenvalue weighted by atomic mass is 10.1. The number of benzene rings is 2. The van der Waals surface area contributed by atoms with Crippen molar-refractivity contribution in [3.8, 4) is 28.8 Å². The van der Waals surface area contributed by atoms with Crippen molar-refractivity contribution in [1.82, 2.24) is 19.9 Å². The van der Waals surface area contributed by atoms with E-state index in [4.69, 9.17) is 14.5 Å². The number of aromatic nitrogens is 3. The molecule has 2 aliphatic rings. The first kappa shape index (κ1) is 28.4. The highest BCUT2D eigenvalue weighted by atomic mass is 16.5. The maximum atomic E-state index is 12.2. The maximum absolute atomic E-state index is 12.2. The largest absolute Gasteiger partial charge is 0.494 e. The van der Waals surface area contributed by atoms with Gasteiger partial charge in [-0.25, -0.2) is 9.97 Å². The van der Waals surface area contributed by atoms with Gasteiger partial charge >= 0.3 is 0 Å². The van der Waals surface area contributed by atoms with Crippen LogP contribution in [0.4, 0.5) is 23.0 Å². The van der Waals surface area contributed by atoms with Crippen LogP contribution in [0, 0.1) is 11.3 Å². The van der Waals surface area contributed by atoms with E-state index in [9.17, 15) is 10.1 Å². The number of hydrogen-bond donors (Lipinski definition) is 3. The molecule has 6 rings (SSSR count). The molecular formula is C31H34N8O3. The zero-order valence-electron chi connectivity index (χ0n) is 24.0. The highest BCUT2D eigenvalue weighted by Crippen LogP contribution is 2.41. The first-order valence-electron chi connectivity index (χ1n) is 13.8. The van der Waals surface area contributed by atoms with Gasteiger partial charge in [-0.05, 0) is 45.1 Å². The molecule has 0 atom stereocenters. The van der Waals surface area contributed by atoms with Crippen LogP contribution in [0.1, 0.15) is 18.4 Å². The molecule has 42 heavy (non-hydrogen) atoms. The molecule has 2 aromatic heterocycles. The molecule has 3 N–H and O–H groups in total. The third-order valence-electron chi connectivity index (χ3n) is 7.07. The van der Waals surface area contributed by atoms with Crippen molar-refractivity contribution >= 4 is 39.8 Å². The molecule has 11 nitrogen and oxygen atoms in total. The number of nitrogens with zero attached hydrogens (tertiary/aromatic N) is 5. The summed E-state index contributed by atoms with van der Waals surface area (Å²) in [6.07, 6.45) is 6.94. The first-order chi connectivity index (χ1) is 20.5. The van der Waals surface area contributed by atoms with Crippen molar-refractivity contribution in [2.24, 2.45) is 0 Å². The zero-order chi connectivity index (χ0) is 29.6. The number of rotatable bonds is 7. The molecule has 1 fully saturated rings. The number of carbonyl (C=O) groups is 1. The molecule has 4 heterocycles. The topological polar surface area (TPSA) is 129 Å². The average Bonchev–Trinajstić information content (AvgIpc) is 3.68. The predicted octanol–water partition coefficient (Wildman–Crippen LogP) is 4.67. The predicted molar refractivity (Wildman–Crippen MR) is 165 cm³/mol. The van der Waals surface area contributed by atoms with E-state index in [-0.39, 0.29) is 5.91 Å². The Kier molecular flexibility index (Phi) is 8.55. The Bertz CT molecular complexity index is 1670. The van der Waals surface area contributed by atoms with Gasteiger partial charge in [0.1, 0.15) is 24.2 Å². The van der Waals surface area contributed by atoms with Crippen LogP contribution >= 0.6 is 0 Å². The lowest BCUT2D eigenvalue weighted by Gasteiger charge is -2.24. The van der Waals surface area contributed by atoms with Gasteiger partial charge in [0.2, 0.25) is 11.9 Å². The molecule has 11 heteroatoms. The Morgan fingerprint density at radius 1 is 1.19 bits per heavy atom. The molecule has 0 saturated carbocycles. The number of hydrogen-bond acceptors (Lipinski definition) is 9. The minimum absolute atomic E-state index is 0.292. The van der Waals surface area contributed by atoms with Crippen LogP contribution in [0.2, 0.25) is 0 Å². The van der Waals surface area contributed by atoms with E-state index in [1.165, 1.54) is 12.3 Å². The third-order valence-corrected chi connectivity index (χ3v) is 7.07. The molecule has 0 unspecified atom stereocenters. The fourth-order valence-corrected chi connectivity index (χ4v) is 5.25. The Morgan fingerprint density at radius 2 is 1.98 bits per heavy atom. The summed E-state index contributed by atoms with van der Waals surface area (Å²) in [7, 11) is 5.34. The highest BCUT2D eigenvalue weighted by Gasteiger charge is 2.23. The monoisotopic (exact) mass is 566 g/mol. The maximum Gasteiger partial charge on any atom is 0.247 e. The van der Waals surface area contributed by atoms with Gasteiger partial charge in [-0.2, -0.15) is 5.26 Å². The minimum Gasteiger partial charge on any atom is -0.494 e. The quantitative estimate of drug-likeness (QED) is 0.273. The van der Waals surface area contributed by atoms with Gasteiger partial charge in [0, 0.05) is 36.3 Å². The van der Waals surface area contributed by atoms with Crippen LogP contribution in [-0.4, -0.2) is 61.3 Å². The van der Waals surface area contributed by atoms with E-state index in [2.05, 4.69) is 43.0 Å². The van der Waals surface area contributed by atoms with Crippen molar-refractivity contribution in [3.63, 3.8) is 0 Å². The normalized spacial score (nSPS) is 13.4. The summed E-state index contributed by atoms with van der Waals surface area (Å²) >= 11 is 0. The fourth-order valence-electron chi connectivity index (χ4n) is 5.25. The molecule has 1 saturated heterocycles. The molecule has 4 aromatic rings. The second-order valence-corrected chi connectivity index (χ2v) is 9.89.